The molecule has 0 heterocycles. The van der Waals surface area contributed by atoms with Gasteiger partial charge in [0, 0.05) is 41.5 Å². The second-order valence-corrected chi connectivity index (χ2v) is 34.4. The highest BCUT2D eigenvalue weighted by Gasteiger charge is 2.22. The number of likely N-dealkylation sites (N-methyl/N-ethyl adjacent to an activating group) is 4. The normalized spacial score (nSPS) is 16.7. The molecule has 48 nitrogen and oxygen atoms in total. The molecule has 0 spiro atoms. The first kappa shape index (κ1) is 116. The molecule has 12 N–H and O–H groups in total. The van der Waals surface area contributed by atoms with Crippen molar-refractivity contribution in [3.8, 4) is 0 Å². The summed E-state index contributed by atoms with van der Waals surface area (Å²) in [6, 6.07) is 0. The summed E-state index contributed by atoms with van der Waals surface area (Å²) < 4.78 is 150. The fourth-order valence-electron chi connectivity index (χ4n) is 4.92. The molecule has 0 aliphatic rings. The van der Waals surface area contributed by atoms with Gasteiger partial charge in [-0.05, 0) is 0 Å². The van der Waals surface area contributed by atoms with E-state index in [9.17, 15) is 106 Å². The van der Waals surface area contributed by atoms with Crippen LogP contribution in [0.25, 0.3) is 0 Å². The summed E-state index contributed by atoms with van der Waals surface area (Å²) >= 11 is 0. The molecule has 12 atom stereocenters. The Balaban J connectivity index is -0.000000289. The van der Waals surface area contributed by atoms with Crippen molar-refractivity contribution in [2.45, 2.75) is 78.2 Å². The highest BCUT2D eigenvalue weighted by atomic mass is 31.2. The van der Waals surface area contributed by atoms with Gasteiger partial charge in [-0.1, -0.05) is 0 Å². The summed E-state index contributed by atoms with van der Waals surface area (Å²) in [6.45, 7) is 4.33. The molecule has 0 saturated carbocycles. The van der Waals surface area contributed by atoms with Crippen LogP contribution in [0.1, 0.15) is 41.5 Å². The van der Waals surface area contributed by atoms with E-state index in [2.05, 4.69) is 94.2 Å². The summed E-state index contributed by atoms with van der Waals surface area (Å²) in [5.41, 5.74) is 6.77. The van der Waals surface area contributed by atoms with E-state index in [4.69, 9.17) is 10.2 Å². The van der Waals surface area contributed by atoms with E-state index in [-0.39, 0.29) is 92.4 Å². The van der Waals surface area contributed by atoms with Crippen molar-refractivity contribution in [2.24, 2.45) is 0 Å². The van der Waals surface area contributed by atoms with Crippen LogP contribution in [0.15, 0.2) is 0 Å². The zero-order valence-electron chi connectivity index (χ0n) is 64.7. The van der Waals surface area contributed by atoms with Gasteiger partial charge in [0.25, 0.3) is 46.9 Å². The molecular formula is C54H120N6O42P6. The summed E-state index contributed by atoms with van der Waals surface area (Å²) in [4.78, 5) is 130. The minimum atomic E-state index is -4.44. The number of carbonyl (C=O) groups excluding carboxylic acids is 6. The minimum absolute atomic E-state index is 0.00960. The van der Waals surface area contributed by atoms with Crippen molar-refractivity contribution < 1.29 is 228 Å². The first-order valence-corrected chi connectivity index (χ1v) is 40.9. The lowest BCUT2D eigenvalue weighted by molar-refractivity contribution is -0.870. The standard InChI is InChI=1S/4C10H22NO7P.2C7H16NO7P/c4*1-9(12)16-7-10(13)8-18-19(14,15)17-6-5-11(2,3)4;2*1-6(9)13-4-7(10)5-15-16(11,12)14-3-2-8/h4*10,13H,5-8H2,1-4H3;2*7,10H,2-5,8H2,1H3,(H,11,12). The van der Waals surface area contributed by atoms with Gasteiger partial charge in [-0.25, -0.2) is 0 Å². The van der Waals surface area contributed by atoms with Gasteiger partial charge in [-0.2, -0.15) is 0 Å². The van der Waals surface area contributed by atoms with Crippen LogP contribution in [0.2, 0.25) is 0 Å². The van der Waals surface area contributed by atoms with Crippen LogP contribution >= 0.6 is 46.9 Å². The number of phosphoric acid groups is 6. The molecule has 0 saturated heterocycles. The molecule has 108 heavy (non-hydrogen) atoms. The van der Waals surface area contributed by atoms with Crippen molar-refractivity contribution in [3.63, 3.8) is 0 Å². The van der Waals surface area contributed by atoms with Crippen LogP contribution in [-0.4, -0.2) is 364 Å². The second kappa shape index (κ2) is 60.5. The van der Waals surface area contributed by atoms with Crippen LogP contribution in [0.3, 0.4) is 0 Å². The van der Waals surface area contributed by atoms with Gasteiger partial charge in [0.1, 0.15) is 142 Å². The highest BCUT2D eigenvalue weighted by Crippen LogP contribution is 2.41. The maximum atomic E-state index is 11.3. The van der Waals surface area contributed by atoms with E-state index in [1.807, 2.05) is 84.6 Å². The van der Waals surface area contributed by atoms with Gasteiger partial charge in [-0.15, -0.1) is 0 Å². The quantitative estimate of drug-likeness (QED) is 0.0121. The number of phosphoric ester groups is 6. The van der Waals surface area contributed by atoms with E-state index in [0.717, 1.165) is 0 Å². The second-order valence-electron chi connectivity index (χ2n) is 26.0. The van der Waals surface area contributed by atoms with Gasteiger partial charge in [0.05, 0.1) is 137 Å². The number of aliphatic hydroxyl groups is 6. The third-order valence-corrected chi connectivity index (χ3v) is 16.0. The molecule has 0 aliphatic carbocycles. The van der Waals surface area contributed by atoms with Crippen molar-refractivity contribution >= 4 is 82.8 Å². The zero-order chi connectivity index (χ0) is 85.6. The minimum Gasteiger partial charge on any atom is -0.756 e. The number of ether oxygens (including phenoxy) is 6. The molecule has 54 heteroatoms. The predicted octanol–water partition coefficient (Wildman–Crippen LogP) is -8.22. The fourth-order valence-corrected chi connectivity index (χ4v) is 9.42. The van der Waals surface area contributed by atoms with Gasteiger partial charge >= 0.3 is 35.8 Å². The van der Waals surface area contributed by atoms with E-state index in [1.165, 1.54) is 41.5 Å². The Hall–Kier alpha value is -3.00. The summed E-state index contributed by atoms with van der Waals surface area (Å²) in [5, 5.41) is 55.5. The topological polar surface area (TPSA) is 686 Å². The van der Waals surface area contributed by atoms with Gasteiger partial charge in [0.2, 0.25) is 0 Å². The van der Waals surface area contributed by atoms with Crippen molar-refractivity contribution in [1.29, 1.82) is 0 Å². The van der Waals surface area contributed by atoms with Crippen LogP contribution in [0.4, 0.5) is 0 Å². The van der Waals surface area contributed by atoms with Gasteiger partial charge < -0.3 is 172 Å². The maximum Gasteiger partial charge on any atom is 0.302 e. The van der Waals surface area contributed by atoms with Crippen LogP contribution in [0, 0.1) is 0 Å². The number of esters is 6. The summed E-state index contributed by atoms with van der Waals surface area (Å²) in [5.74, 6) is -3.41. The monoisotopic (exact) mass is 1710 g/mol. The number of hydrogen-bond acceptors (Lipinski definition) is 42. The Labute approximate surface area is 630 Å². The van der Waals surface area contributed by atoms with Crippen LogP contribution in [0.5, 0.6) is 0 Å². The van der Waals surface area contributed by atoms with E-state index in [0.29, 0.717) is 44.1 Å². The molecule has 0 fully saturated rings. The zero-order valence-corrected chi connectivity index (χ0v) is 70.1. The molecule has 0 aromatic rings. The molecule has 12 unspecified atom stereocenters. The molecule has 648 valence electrons. The van der Waals surface area contributed by atoms with Crippen LogP contribution < -0.4 is 40.8 Å². The largest absolute Gasteiger partial charge is 0.756 e. The summed E-state index contributed by atoms with van der Waals surface area (Å²) in [6.07, 6.45) is -7.29. The van der Waals surface area contributed by atoms with Gasteiger partial charge in [0.15, 0.2) is 0 Å². The highest BCUT2D eigenvalue weighted by molar-refractivity contribution is 7.47. The SMILES string of the molecule is CC(=O)OCC(O)COP(=O)([O-])OCC[N+](C)(C)C.CC(=O)OCC(O)COP(=O)([O-])OCC[N+](C)(C)C.CC(=O)OCC(O)COP(=O)([O-])OCC[N+](C)(C)C.CC(=O)OCC(O)COP(=O)([O-])OCC[N+](C)(C)C.CC(=O)OCC(O)COP(=O)([O-])OCC[NH3+].CC(=O)OCC(O)COP(=O)([O-])OCC[NH3+]. The Morgan fingerprint density at radius 2 is 0.380 bits per heavy atom. The van der Waals surface area contributed by atoms with E-state index in [1.54, 1.807) is 0 Å². The Bertz CT molecular complexity index is 2450. The first-order chi connectivity index (χ1) is 48.8. The molecule has 0 radical (unpaired) electrons. The average Bonchev–Trinajstić information content (AvgIpc) is 0.940. The predicted molar refractivity (Wildman–Crippen MR) is 360 cm³/mol. The fraction of sp³-hybridized carbons (Fsp3) is 0.889. The third-order valence-electron chi connectivity index (χ3n) is 10.3. The smallest absolute Gasteiger partial charge is 0.302 e. The number of rotatable bonds is 52. The number of quaternary nitrogens is 6. The maximum absolute atomic E-state index is 11.3. The number of carbonyl (C=O) groups is 6. The molecule has 0 aliphatic heterocycles. The summed E-state index contributed by atoms with van der Waals surface area (Å²) in [7, 11) is -3.86. The van der Waals surface area contributed by atoms with E-state index >= 15 is 0 Å². The number of nitrogens with zero attached hydrogens (tertiary/aromatic N) is 4. The van der Waals surface area contributed by atoms with Crippen molar-refractivity contribution in [1.82, 2.24) is 0 Å². The van der Waals surface area contributed by atoms with Crippen molar-refractivity contribution in [2.75, 3.05) is 243 Å². The molecule has 0 aromatic carbocycles. The first-order valence-electron chi connectivity index (χ1n) is 32.1. The molecule has 0 aromatic heterocycles. The Kier molecular flexibility index (Phi) is 65.0. The molecule has 0 rings (SSSR count). The Morgan fingerprint density at radius 1 is 0.259 bits per heavy atom. The number of hydrogen-bond donors (Lipinski definition) is 8. The lowest BCUT2D eigenvalue weighted by atomic mass is 10.4. The molecule has 0 amide bonds. The molecular weight excluding hydrogens is 1590 g/mol. The van der Waals surface area contributed by atoms with Crippen LogP contribution in [-0.2, 0) is 139 Å². The lowest BCUT2D eigenvalue weighted by Crippen LogP contribution is -2.52. The van der Waals surface area contributed by atoms with Crippen molar-refractivity contribution in [3.05, 3.63) is 0 Å². The van der Waals surface area contributed by atoms with Gasteiger partial charge in [-0.3, -0.25) is 56.2 Å². The van der Waals surface area contributed by atoms with E-state index < -0.39 is 159 Å². The average molecular weight is 1710 g/mol. The lowest BCUT2D eigenvalue weighted by Gasteiger charge is -2.27. The third kappa shape index (κ3) is 97.2. The Morgan fingerprint density at radius 3 is 0.481 bits per heavy atom. The number of aliphatic hydroxyl groups excluding tert-OH is 6. The molecule has 0 bridgehead atoms.